The molecule has 0 unspecified atom stereocenters. The Morgan fingerprint density at radius 2 is 1.24 bits per heavy atom. The highest BCUT2D eigenvalue weighted by Gasteiger charge is 2.13. The van der Waals surface area contributed by atoms with Gasteiger partial charge in [-0.3, -0.25) is 0 Å². The van der Waals surface area contributed by atoms with Crippen molar-refractivity contribution in [2.45, 2.75) is 13.8 Å². The van der Waals surface area contributed by atoms with Crippen LogP contribution in [0.5, 0.6) is 11.5 Å². The van der Waals surface area contributed by atoms with Crippen molar-refractivity contribution in [3.05, 3.63) is 106 Å². The number of carbonyl (C=O) groups is 2. The van der Waals surface area contributed by atoms with Gasteiger partial charge in [-0.2, -0.15) is 10.5 Å². The second-order valence-corrected chi connectivity index (χ2v) is 9.42. The number of phenolic OH excluding ortho intramolecular Hbond substituents is 2. The van der Waals surface area contributed by atoms with Gasteiger partial charge >= 0.3 is 12.1 Å². The van der Waals surface area contributed by atoms with Gasteiger partial charge in [-0.25, -0.2) is 9.59 Å². The number of urea groups is 2. The lowest BCUT2D eigenvalue weighted by atomic mass is 10.1. The summed E-state index contributed by atoms with van der Waals surface area (Å²) >= 11 is 3.32. The summed E-state index contributed by atoms with van der Waals surface area (Å²) in [6, 6.07) is 24.9. The molecule has 0 fully saturated rings. The molecule has 0 aliphatic rings. The third kappa shape index (κ3) is 8.23. The van der Waals surface area contributed by atoms with Crippen molar-refractivity contribution in [3.8, 4) is 23.6 Å². The van der Waals surface area contributed by atoms with Crippen LogP contribution < -0.4 is 21.3 Å². The molecular weight excluding hydrogens is 588 g/mol. The van der Waals surface area contributed by atoms with Crippen LogP contribution in [-0.2, 0) is 0 Å². The van der Waals surface area contributed by atoms with Crippen molar-refractivity contribution < 1.29 is 19.8 Å². The van der Waals surface area contributed by atoms with Crippen LogP contribution in [0.4, 0.5) is 32.3 Å². The molecule has 10 nitrogen and oxygen atoms in total. The number of benzene rings is 4. The third-order valence-electron chi connectivity index (χ3n) is 5.64. The quantitative estimate of drug-likeness (QED) is 0.133. The summed E-state index contributed by atoms with van der Waals surface area (Å²) in [6.07, 6.45) is 0. The summed E-state index contributed by atoms with van der Waals surface area (Å²) in [7, 11) is 0. The zero-order chi connectivity index (χ0) is 29.9. The van der Waals surface area contributed by atoms with Crippen LogP contribution in [0, 0.1) is 36.5 Å². The molecule has 0 atom stereocenters. The van der Waals surface area contributed by atoms with E-state index in [1.807, 2.05) is 43.3 Å². The number of carbonyl (C=O) groups excluding carboxylic acids is 2. The van der Waals surface area contributed by atoms with Crippen LogP contribution in [0.25, 0.3) is 0 Å². The summed E-state index contributed by atoms with van der Waals surface area (Å²) < 4.78 is 0.742. The van der Waals surface area contributed by atoms with E-state index in [0.29, 0.717) is 22.5 Å². The summed E-state index contributed by atoms with van der Waals surface area (Å²) in [5, 5.41) is 47.7. The first kappa shape index (κ1) is 30.0. The number of para-hydroxylation sites is 2. The highest BCUT2D eigenvalue weighted by Crippen LogP contribution is 2.30. The van der Waals surface area contributed by atoms with E-state index in [1.54, 1.807) is 43.3 Å². The standard InChI is InChI=1S/C15H12BrN3O2.C15H13N3O2/c1-9-6-7-13(14(20)10(9)8-17)19-15(21)18-12-5-3-2-4-11(12)16;1-10-4-2-3-5-12(10)17-15(20)18-13-7-6-11(9-16)8-14(13)19/h2-7,20H,1H3,(H2,18,19,21);2-8,19H,1H3,(H2,17,18,20). The molecule has 0 radical (unpaired) electrons. The van der Waals surface area contributed by atoms with Gasteiger partial charge in [0.15, 0.2) is 5.75 Å². The van der Waals surface area contributed by atoms with E-state index in [0.717, 1.165) is 10.0 Å². The Morgan fingerprint density at radius 3 is 1.85 bits per heavy atom. The first-order valence-electron chi connectivity index (χ1n) is 12.0. The monoisotopic (exact) mass is 612 g/mol. The smallest absolute Gasteiger partial charge is 0.323 e. The lowest BCUT2D eigenvalue weighted by Gasteiger charge is -2.11. The molecule has 6 N–H and O–H groups in total. The van der Waals surface area contributed by atoms with Crippen molar-refractivity contribution in [1.29, 1.82) is 10.5 Å². The van der Waals surface area contributed by atoms with E-state index in [9.17, 15) is 19.8 Å². The summed E-state index contributed by atoms with van der Waals surface area (Å²) in [5.74, 6) is -0.385. The molecule has 0 saturated heterocycles. The van der Waals surface area contributed by atoms with Gasteiger partial charge in [0, 0.05) is 10.2 Å². The lowest BCUT2D eigenvalue weighted by Crippen LogP contribution is -2.20. The Balaban J connectivity index is 0.000000226. The number of rotatable bonds is 4. The molecule has 0 aliphatic carbocycles. The summed E-state index contributed by atoms with van der Waals surface area (Å²) in [4.78, 5) is 23.8. The van der Waals surface area contributed by atoms with E-state index >= 15 is 0 Å². The average Bonchev–Trinajstić information content (AvgIpc) is 2.94. The first-order chi connectivity index (χ1) is 19.6. The highest BCUT2D eigenvalue weighted by atomic mass is 79.9. The molecule has 41 heavy (non-hydrogen) atoms. The number of hydrogen-bond donors (Lipinski definition) is 6. The minimum absolute atomic E-state index is 0.147. The highest BCUT2D eigenvalue weighted by molar-refractivity contribution is 9.10. The molecular formula is C30H25BrN6O4. The van der Waals surface area contributed by atoms with Crippen molar-refractivity contribution in [3.63, 3.8) is 0 Å². The molecule has 0 saturated carbocycles. The van der Waals surface area contributed by atoms with Gasteiger partial charge in [0.25, 0.3) is 0 Å². The number of nitrogens with zero attached hydrogens (tertiary/aromatic N) is 2. The third-order valence-corrected chi connectivity index (χ3v) is 6.33. The number of aryl methyl sites for hydroxylation is 2. The number of phenols is 2. The van der Waals surface area contributed by atoms with Gasteiger partial charge in [0.2, 0.25) is 0 Å². The van der Waals surface area contributed by atoms with Crippen molar-refractivity contribution >= 4 is 50.7 Å². The number of anilines is 4. The molecule has 0 spiro atoms. The Kier molecular flexibility index (Phi) is 10.3. The molecule has 11 heteroatoms. The zero-order valence-corrected chi connectivity index (χ0v) is 23.6. The van der Waals surface area contributed by atoms with Crippen molar-refractivity contribution in [2.75, 3.05) is 21.3 Å². The van der Waals surface area contributed by atoms with E-state index < -0.39 is 12.1 Å². The number of halogens is 1. The molecule has 4 aromatic carbocycles. The fourth-order valence-corrected chi connectivity index (χ4v) is 3.85. The molecule has 4 amide bonds. The first-order valence-corrected chi connectivity index (χ1v) is 12.8. The van der Waals surface area contributed by atoms with E-state index in [4.69, 9.17) is 10.5 Å². The van der Waals surface area contributed by atoms with Gasteiger partial charge in [-0.05, 0) is 83.4 Å². The Hall–Kier alpha value is -5.52. The lowest BCUT2D eigenvalue weighted by molar-refractivity contribution is 0.261. The predicted octanol–water partition coefficient (Wildman–Crippen LogP) is 7.20. The minimum atomic E-state index is -0.509. The Bertz CT molecular complexity index is 1680. The van der Waals surface area contributed by atoms with Gasteiger partial charge in [0.05, 0.1) is 34.3 Å². The van der Waals surface area contributed by atoms with Crippen LogP contribution in [-0.4, -0.2) is 22.3 Å². The molecule has 0 heterocycles. The molecule has 4 rings (SSSR count). The number of nitrogens with one attached hydrogen (secondary N) is 4. The molecule has 206 valence electrons. The van der Waals surface area contributed by atoms with Crippen molar-refractivity contribution in [1.82, 2.24) is 0 Å². The Morgan fingerprint density at radius 1 is 0.683 bits per heavy atom. The molecule has 0 bridgehead atoms. The summed E-state index contributed by atoms with van der Waals surface area (Å²) in [6.45, 7) is 3.60. The van der Waals surface area contributed by atoms with Crippen LogP contribution >= 0.6 is 15.9 Å². The van der Waals surface area contributed by atoms with Gasteiger partial charge < -0.3 is 31.5 Å². The average molecular weight is 613 g/mol. The topological polar surface area (TPSA) is 170 Å². The van der Waals surface area contributed by atoms with Crippen LogP contribution in [0.3, 0.4) is 0 Å². The summed E-state index contributed by atoms with van der Waals surface area (Å²) in [5.41, 5.74) is 3.77. The SMILES string of the molecule is Cc1ccc(NC(=O)Nc2ccccc2Br)c(O)c1C#N.Cc1ccccc1NC(=O)Nc1ccc(C#N)cc1O. The molecule has 0 aliphatic heterocycles. The second-order valence-electron chi connectivity index (χ2n) is 8.56. The number of amides is 4. The number of nitriles is 2. The van der Waals surface area contributed by atoms with Gasteiger partial charge in [0.1, 0.15) is 11.8 Å². The predicted molar refractivity (Wildman–Crippen MR) is 161 cm³/mol. The van der Waals surface area contributed by atoms with Gasteiger partial charge in [-0.15, -0.1) is 0 Å². The van der Waals surface area contributed by atoms with E-state index in [2.05, 4.69) is 37.2 Å². The largest absolute Gasteiger partial charge is 0.506 e. The zero-order valence-electron chi connectivity index (χ0n) is 22.0. The maximum atomic E-state index is 11.9. The maximum Gasteiger partial charge on any atom is 0.323 e. The van der Waals surface area contributed by atoms with Crippen LogP contribution in [0.1, 0.15) is 22.3 Å². The Labute approximate surface area is 245 Å². The van der Waals surface area contributed by atoms with E-state index in [1.165, 1.54) is 18.2 Å². The van der Waals surface area contributed by atoms with E-state index in [-0.39, 0.29) is 28.4 Å². The number of aromatic hydroxyl groups is 2. The van der Waals surface area contributed by atoms with Crippen LogP contribution in [0.15, 0.2) is 83.3 Å². The number of hydrogen-bond acceptors (Lipinski definition) is 6. The van der Waals surface area contributed by atoms with Crippen molar-refractivity contribution in [2.24, 2.45) is 0 Å². The molecule has 4 aromatic rings. The minimum Gasteiger partial charge on any atom is -0.506 e. The normalized spacial score (nSPS) is 9.68. The fourth-order valence-electron chi connectivity index (χ4n) is 3.47. The van der Waals surface area contributed by atoms with Crippen LogP contribution in [0.2, 0.25) is 0 Å². The van der Waals surface area contributed by atoms with Gasteiger partial charge in [-0.1, -0.05) is 36.4 Å². The second kappa shape index (κ2) is 14.0. The fraction of sp³-hybridized carbons (Fsp3) is 0.0667. The molecule has 0 aromatic heterocycles. The maximum absolute atomic E-state index is 11.9.